The van der Waals surface area contributed by atoms with Crippen molar-refractivity contribution in [3.8, 4) is 44.8 Å². The summed E-state index contributed by atoms with van der Waals surface area (Å²) in [6.45, 7) is 50.4. The second-order valence-corrected chi connectivity index (χ2v) is 35.0. The van der Waals surface area contributed by atoms with Gasteiger partial charge < -0.3 is 46.5 Å². The van der Waals surface area contributed by atoms with E-state index in [1.807, 2.05) is 110 Å². The van der Waals surface area contributed by atoms with E-state index in [4.69, 9.17) is 46.5 Å². The van der Waals surface area contributed by atoms with Gasteiger partial charge in [0.05, 0.1) is 73.0 Å². The molecule has 0 unspecified atom stereocenters. The Balaban J connectivity index is 0.000000126. The lowest BCUT2D eigenvalue weighted by molar-refractivity contribution is 0.00578. The van der Waals surface area contributed by atoms with Crippen molar-refractivity contribution in [2.45, 2.75) is 233 Å². The monoisotopic (exact) mass is 1430 g/mol. The van der Waals surface area contributed by atoms with Crippen LogP contribution < -0.4 is 27.4 Å². The molecule has 0 spiro atoms. The summed E-state index contributed by atoms with van der Waals surface area (Å²) < 4.78 is 73.7. The molecule has 6 aromatic carbocycles. The SMILES string of the molecule is CC1(C)OB(c2cc(-c3ccccn3)cc(-c3ccccn3)c2)OC1(C)C.CC1(C)OB(c2ccc(F)cc2)OC1(C)C.CC1(C)OB(c2ccccn2)OC1(C)C.CC1(C)c2ccccc2-c2cc(B3OC(C)(C)C(C)(C)O3)ccc21.CC1(C)c2ccccc2-c2ccc(B3OC(C)(C)C(C)(C)O3)cc21. The molecule has 0 amide bonds. The first-order valence-corrected chi connectivity index (χ1v) is 37.3. The minimum Gasteiger partial charge on any atom is -0.399 e. The number of nitrogens with zero attached hydrogens (tertiary/aromatic N) is 3. The molecule has 0 atom stereocenters. The van der Waals surface area contributed by atoms with Gasteiger partial charge in [-0.15, -0.1) is 0 Å². The van der Waals surface area contributed by atoms with Gasteiger partial charge in [0.1, 0.15) is 5.82 Å². The predicted molar refractivity (Wildman–Crippen MR) is 430 cm³/mol. The van der Waals surface area contributed by atoms with E-state index in [2.05, 4.69) is 229 Å². The molecule has 0 N–H and O–H groups in total. The first-order chi connectivity index (χ1) is 49.4. The number of halogens is 1. The van der Waals surface area contributed by atoms with E-state index in [-0.39, 0.29) is 94.0 Å². The molecule has 2 aliphatic carbocycles. The van der Waals surface area contributed by atoms with Crippen LogP contribution in [0.2, 0.25) is 0 Å². The zero-order valence-electron chi connectivity index (χ0n) is 66.7. The molecule has 3 aromatic heterocycles. The third-order valence-electron chi connectivity index (χ3n) is 24.2. The Kier molecular flexibility index (Phi) is 20.8. The van der Waals surface area contributed by atoms with Gasteiger partial charge in [-0.2, -0.15) is 0 Å². The first-order valence-electron chi connectivity index (χ1n) is 37.3. The molecule has 7 aliphatic rings. The van der Waals surface area contributed by atoms with Gasteiger partial charge in [0.25, 0.3) is 0 Å². The van der Waals surface area contributed by atoms with E-state index < -0.39 is 14.2 Å². The van der Waals surface area contributed by atoms with Crippen LogP contribution in [0.25, 0.3) is 44.8 Å². The van der Waals surface area contributed by atoms with Crippen molar-refractivity contribution in [1.29, 1.82) is 0 Å². The van der Waals surface area contributed by atoms with Crippen LogP contribution in [0.5, 0.6) is 0 Å². The Morgan fingerprint density at radius 1 is 0.245 bits per heavy atom. The fourth-order valence-electron chi connectivity index (χ4n) is 13.9. The Bertz CT molecular complexity index is 4510. The van der Waals surface area contributed by atoms with Crippen LogP contribution in [0.3, 0.4) is 0 Å². The Labute approximate surface area is 631 Å². The lowest BCUT2D eigenvalue weighted by Gasteiger charge is -2.32. The van der Waals surface area contributed by atoms with Gasteiger partial charge in [-0.3, -0.25) is 15.0 Å². The predicted octanol–water partition coefficient (Wildman–Crippen LogP) is 16.2. The Hall–Kier alpha value is -7.38. The lowest BCUT2D eigenvalue weighted by atomic mass is 9.74. The largest absolute Gasteiger partial charge is 0.514 e. The van der Waals surface area contributed by atoms with Crippen LogP contribution in [-0.4, -0.2) is 107 Å². The standard InChI is InChI=1S/C22H23BN2O2.2C21H25BO2.C12H16BFO2.C11H16BNO2/c1-21(2)22(3,4)27-23(26-21)18-14-16(19-9-5-7-11-24-19)13-17(15-18)20-10-6-8-12-25-20;1-19(2)17-10-8-7-9-15(17)16-13-14(11-12-18(16)19)22-23-20(3,4)21(5,6)24-22;1-19(2)17-10-8-7-9-15(17)16-12-11-14(13-18(16)19)22-23-20(3,4)21(5,6)24-22;1-11(2)12(3,4)16-13(15-11)9-5-7-10(14)8-6-9;1-10(2)11(3,4)15-12(14-10)9-7-5-6-8-13-9/h5-15H,1-4H3;2*7-13H,1-6H3;5-8H,1-4H3;5-8H,1-4H3. The second kappa shape index (κ2) is 28.2. The van der Waals surface area contributed by atoms with Gasteiger partial charge in [-0.05, 0) is 259 Å². The van der Waals surface area contributed by atoms with Gasteiger partial charge in [0.15, 0.2) is 0 Å². The van der Waals surface area contributed by atoms with Crippen LogP contribution in [0, 0.1) is 5.82 Å². The number of hydrogen-bond donors (Lipinski definition) is 0. The molecule has 5 saturated heterocycles. The minimum atomic E-state index is -0.430. The van der Waals surface area contributed by atoms with Crippen LogP contribution in [0.15, 0.2) is 201 Å². The molecule has 16 rings (SSSR count). The zero-order chi connectivity index (χ0) is 76.8. The smallest absolute Gasteiger partial charge is 0.399 e. The van der Waals surface area contributed by atoms with Crippen LogP contribution >= 0.6 is 0 Å². The van der Waals surface area contributed by atoms with E-state index in [0.29, 0.717) is 0 Å². The van der Waals surface area contributed by atoms with Crippen LogP contribution in [0.1, 0.15) is 188 Å². The number of fused-ring (bicyclic) bond motifs is 6. The summed E-state index contributed by atoms with van der Waals surface area (Å²) >= 11 is 0. The second-order valence-electron chi connectivity index (χ2n) is 35.0. The molecule has 8 heterocycles. The highest BCUT2D eigenvalue weighted by Gasteiger charge is 2.57. The molecule has 0 saturated carbocycles. The highest BCUT2D eigenvalue weighted by molar-refractivity contribution is 6.64. The molecule has 0 bridgehead atoms. The molecular weight excluding hydrogens is 1320 g/mol. The minimum absolute atomic E-state index is 0.00553. The quantitative estimate of drug-likeness (QED) is 0.140. The highest BCUT2D eigenvalue weighted by atomic mass is 19.1. The number of pyridine rings is 3. The molecule has 0 radical (unpaired) electrons. The molecule has 5 aliphatic heterocycles. The molecule has 13 nitrogen and oxygen atoms in total. The Morgan fingerprint density at radius 3 is 0.962 bits per heavy atom. The van der Waals surface area contributed by atoms with Crippen molar-refractivity contribution >= 4 is 63.0 Å². The zero-order valence-corrected chi connectivity index (χ0v) is 66.7. The molecular formula is C87H105B5FN3O10. The summed E-state index contributed by atoms with van der Waals surface area (Å²) in [5.41, 5.74) is 16.3. The Morgan fingerprint density at radius 2 is 0.557 bits per heavy atom. The lowest BCUT2D eigenvalue weighted by Crippen LogP contribution is -2.41. The van der Waals surface area contributed by atoms with Gasteiger partial charge in [-0.1, -0.05) is 155 Å². The van der Waals surface area contributed by atoms with E-state index in [1.165, 1.54) is 56.6 Å². The van der Waals surface area contributed by atoms with Crippen molar-refractivity contribution in [1.82, 2.24) is 15.0 Å². The van der Waals surface area contributed by atoms with E-state index in [9.17, 15) is 4.39 Å². The molecule has 19 heteroatoms. The maximum atomic E-state index is 12.8. The summed E-state index contributed by atoms with van der Waals surface area (Å²) in [7, 11) is -1.81. The van der Waals surface area contributed by atoms with Gasteiger partial charge >= 0.3 is 35.6 Å². The summed E-state index contributed by atoms with van der Waals surface area (Å²) in [6.07, 6.45) is 5.36. The van der Waals surface area contributed by atoms with Crippen LogP contribution in [0.4, 0.5) is 4.39 Å². The molecule has 5 fully saturated rings. The molecule has 550 valence electrons. The van der Waals surface area contributed by atoms with Crippen molar-refractivity contribution < 1.29 is 50.9 Å². The highest BCUT2D eigenvalue weighted by Crippen LogP contribution is 2.51. The number of aromatic nitrogens is 3. The maximum absolute atomic E-state index is 12.8. The maximum Gasteiger partial charge on any atom is 0.514 e. The van der Waals surface area contributed by atoms with Crippen molar-refractivity contribution in [2.24, 2.45) is 0 Å². The van der Waals surface area contributed by atoms with E-state index in [0.717, 1.165) is 50.0 Å². The summed E-state index contributed by atoms with van der Waals surface area (Å²) in [6, 6.07) is 60.8. The van der Waals surface area contributed by atoms with E-state index >= 15 is 0 Å². The normalized spacial score (nSPS) is 21.3. The van der Waals surface area contributed by atoms with E-state index in [1.54, 1.807) is 30.7 Å². The van der Waals surface area contributed by atoms with Gasteiger partial charge in [0.2, 0.25) is 0 Å². The summed E-state index contributed by atoms with van der Waals surface area (Å²) in [5, 5.41) is 0. The van der Waals surface area contributed by atoms with Crippen LogP contribution in [-0.2, 0) is 57.4 Å². The number of benzene rings is 6. The number of rotatable bonds is 7. The third kappa shape index (κ3) is 15.1. The fraction of sp³-hybridized carbons (Fsp3) is 0.414. The topological polar surface area (TPSA) is 131 Å². The van der Waals surface area contributed by atoms with Gasteiger partial charge in [-0.25, -0.2) is 4.39 Å². The van der Waals surface area contributed by atoms with Crippen molar-refractivity contribution in [3.63, 3.8) is 0 Å². The molecule has 106 heavy (non-hydrogen) atoms. The third-order valence-corrected chi connectivity index (χ3v) is 24.2. The summed E-state index contributed by atoms with van der Waals surface area (Å²) in [4.78, 5) is 13.3. The average molecular weight is 1430 g/mol. The van der Waals surface area contributed by atoms with Gasteiger partial charge in [0, 0.05) is 40.5 Å². The molecule has 9 aromatic rings. The summed E-state index contributed by atoms with van der Waals surface area (Å²) in [5.74, 6) is -0.250. The van der Waals surface area contributed by atoms with Crippen molar-refractivity contribution in [2.75, 3.05) is 0 Å². The van der Waals surface area contributed by atoms with Crippen molar-refractivity contribution in [3.05, 3.63) is 229 Å². The number of hydrogen-bond acceptors (Lipinski definition) is 13. The first kappa shape index (κ1) is 78.2. The average Bonchev–Trinajstić information content (AvgIpc) is 1.58. The fourth-order valence-corrected chi connectivity index (χ4v) is 13.9.